The van der Waals surface area contributed by atoms with Crippen LogP contribution in [0.25, 0.3) is 10.8 Å². The number of hydrazone groups is 1. The Kier molecular flexibility index (Phi) is 5.64. The quantitative estimate of drug-likeness (QED) is 0.423. The number of hydrogen-bond acceptors (Lipinski definition) is 4. The molecule has 0 radical (unpaired) electrons. The van der Waals surface area contributed by atoms with E-state index in [1.807, 2.05) is 36.4 Å². The van der Waals surface area contributed by atoms with Crippen LogP contribution in [0.2, 0.25) is 0 Å². The molecule has 0 aliphatic carbocycles. The first-order valence-corrected chi connectivity index (χ1v) is 8.25. The summed E-state index contributed by atoms with van der Waals surface area (Å²) in [6, 6.07) is 16.7. The van der Waals surface area contributed by atoms with Crippen molar-refractivity contribution in [2.45, 2.75) is 0 Å². The molecule has 0 atom stereocenters. The first-order valence-electron chi connectivity index (χ1n) is 8.25. The molecule has 6 heteroatoms. The van der Waals surface area contributed by atoms with Crippen molar-refractivity contribution in [1.29, 1.82) is 5.26 Å². The van der Waals surface area contributed by atoms with Gasteiger partial charge in [-0.3, -0.25) is 4.79 Å². The number of rotatable bonds is 5. The van der Waals surface area contributed by atoms with Crippen LogP contribution in [-0.2, 0) is 0 Å². The van der Waals surface area contributed by atoms with E-state index < -0.39 is 11.7 Å². The van der Waals surface area contributed by atoms with Gasteiger partial charge in [0.25, 0.3) is 5.91 Å². The summed E-state index contributed by atoms with van der Waals surface area (Å²) in [6.45, 7) is 0.0853. The lowest BCUT2D eigenvalue weighted by atomic mass is 10.0. The SMILES string of the molecule is C#CCOc1ccc2ccccc2c1/C=N/NC(=O)c1ccc(C#N)cc1F. The molecule has 0 aliphatic heterocycles. The number of benzene rings is 3. The van der Waals surface area contributed by atoms with Gasteiger partial charge < -0.3 is 4.74 Å². The van der Waals surface area contributed by atoms with Gasteiger partial charge in [0, 0.05) is 5.56 Å². The molecule has 0 saturated heterocycles. The fraction of sp³-hybridized carbons (Fsp3) is 0.0455. The summed E-state index contributed by atoms with van der Waals surface area (Å²) < 4.78 is 19.5. The minimum Gasteiger partial charge on any atom is -0.480 e. The first-order chi connectivity index (χ1) is 13.6. The van der Waals surface area contributed by atoms with Gasteiger partial charge in [0.2, 0.25) is 0 Å². The zero-order valence-electron chi connectivity index (χ0n) is 14.6. The Morgan fingerprint density at radius 3 is 2.82 bits per heavy atom. The normalized spacial score (nSPS) is 10.4. The van der Waals surface area contributed by atoms with Crippen molar-refractivity contribution >= 4 is 22.9 Å². The van der Waals surface area contributed by atoms with E-state index in [9.17, 15) is 9.18 Å². The summed E-state index contributed by atoms with van der Waals surface area (Å²) in [5.74, 6) is 1.39. The van der Waals surface area contributed by atoms with Crippen LogP contribution in [0.4, 0.5) is 4.39 Å². The molecule has 0 bridgehead atoms. The van der Waals surface area contributed by atoms with Crippen molar-refractivity contribution in [1.82, 2.24) is 5.43 Å². The lowest BCUT2D eigenvalue weighted by Crippen LogP contribution is -2.19. The Labute approximate surface area is 161 Å². The number of nitrogens with zero attached hydrogens (tertiary/aromatic N) is 2. The Hall–Kier alpha value is -4.16. The van der Waals surface area contributed by atoms with Gasteiger partial charge in [-0.05, 0) is 35.0 Å². The van der Waals surface area contributed by atoms with Crippen molar-refractivity contribution in [2.24, 2.45) is 5.10 Å². The average Bonchev–Trinajstić information content (AvgIpc) is 2.72. The van der Waals surface area contributed by atoms with Gasteiger partial charge in [0.05, 0.1) is 23.4 Å². The van der Waals surface area contributed by atoms with Crippen LogP contribution in [0.15, 0.2) is 59.7 Å². The largest absolute Gasteiger partial charge is 0.480 e. The zero-order valence-corrected chi connectivity index (χ0v) is 14.6. The highest BCUT2D eigenvalue weighted by molar-refractivity contribution is 6.03. The molecule has 0 aromatic heterocycles. The standard InChI is InChI=1S/C22H14FN3O2/c1-2-11-28-21-10-8-16-5-3-4-6-17(16)19(21)14-25-26-22(27)18-9-7-15(13-24)12-20(18)23/h1,3-10,12,14H,11H2,(H,26,27)/b25-14+. The minimum absolute atomic E-state index is 0.0853. The summed E-state index contributed by atoms with van der Waals surface area (Å²) in [5.41, 5.74) is 2.84. The third-order valence-electron chi connectivity index (χ3n) is 3.94. The van der Waals surface area contributed by atoms with Crippen molar-refractivity contribution < 1.29 is 13.9 Å². The van der Waals surface area contributed by atoms with Gasteiger partial charge in [0.15, 0.2) is 0 Å². The van der Waals surface area contributed by atoms with Crippen molar-refractivity contribution in [3.63, 3.8) is 0 Å². The number of carbonyl (C=O) groups excluding carboxylic acids is 1. The molecular weight excluding hydrogens is 357 g/mol. The molecule has 0 aliphatic rings. The number of fused-ring (bicyclic) bond motifs is 1. The summed E-state index contributed by atoms with van der Waals surface area (Å²) in [4.78, 5) is 12.2. The summed E-state index contributed by atoms with van der Waals surface area (Å²) in [7, 11) is 0. The number of amides is 1. The topological polar surface area (TPSA) is 74.5 Å². The highest BCUT2D eigenvalue weighted by atomic mass is 19.1. The summed E-state index contributed by atoms with van der Waals surface area (Å²) in [6.07, 6.45) is 6.68. The molecule has 0 unspecified atom stereocenters. The van der Waals surface area contributed by atoms with Gasteiger partial charge in [-0.2, -0.15) is 10.4 Å². The lowest BCUT2D eigenvalue weighted by molar-refractivity contribution is 0.0951. The number of hydrogen-bond donors (Lipinski definition) is 1. The number of halogens is 1. The van der Waals surface area contributed by atoms with E-state index in [1.165, 1.54) is 18.3 Å². The second kappa shape index (κ2) is 8.48. The second-order valence-electron chi connectivity index (χ2n) is 5.70. The fourth-order valence-corrected chi connectivity index (χ4v) is 2.64. The van der Waals surface area contributed by atoms with Crippen LogP contribution in [0, 0.1) is 29.5 Å². The van der Waals surface area contributed by atoms with Crippen molar-refractivity contribution in [2.75, 3.05) is 6.61 Å². The molecule has 1 amide bonds. The van der Waals surface area contributed by atoms with Crippen LogP contribution in [0.5, 0.6) is 5.75 Å². The maximum Gasteiger partial charge on any atom is 0.274 e. The average molecular weight is 371 g/mol. The maximum atomic E-state index is 13.9. The lowest BCUT2D eigenvalue weighted by Gasteiger charge is -2.10. The van der Waals surface area contributed by atoms with Gasteiger partial charge in [-0.25, -0.2) is 9.82 Å². The Balaban J connectivity index is 1.87. The summed E-state index contributed by atoms with van der Waals surface area (Å²) in [5, 5.41) is 14.5. The molecule has 0 spiro atoms. The predicted molar refractivity (Wildman–Crippen MR) is 104 cm³/mol. The molecular formula is C22H14FN3O2. The predicted octanol–water partition coefficient (Wildman–Crippen LogP) is 3.63. The van der Waals surface area contributed by atoms with Gasteiger partial charge >= 0.3 is 0 Å². The van der Waals surface area contributed by atoms with E-state index in [0.717, 1.165) is 16.8 Å². The Bertz CT molecular complexity index is 1160. The third kappa shape index (κ3) is 3.98. The molecule has 28 heavy (non-hydrogen) atoms. The number of nitrogens with one attached hydrogen (secondary N) is 1. The smallest absolute Gasteiger partial charge is 0.274 e. The molecule has 5 nitrogen and oxygen atoms in total. The Morgan fingerprint density at radius 2 is 2.07 bits per heavy atom. The van der Waals surface area contributed by atoms with Gasteiger partial charge in [0.1, 0.15) is 18.2 Å². The molecule has 1 N–H and O–H groups in total. The van der Waals surface area contributed by atoms with E-state index in [1.54, 1.807) is 6.07 Å². The highest BCUT2D eigenvalue weighted by Gasteiger charge is 2.12. The van der Waals surface area contributed by atoms with Crippen LogP contribution < -0.4 is 10.2 Å². The third-order valence-corrected chi connectivity index (χ3v) is 3.94. The number of nitriles is 1. The molecule has 3 aromatic rings. The highest BCUT2D eigenvalue weighted by Crippen LogP contribution is 2.26. The molecule has 136 valence electrons. The number of terminal acetylenes is 1. The van der Waals surface area contributed by atoms with E-state index >= 15 is 0 Å². The minimum atomic E-state index is -0.796. The molecule has 0 saturated carbocycles. The van der Waals surface area contributed by atoms with Gasteiger partial charge in [-0.15, -0.1) is 6.42 Å². The van der Waals surface area contributed by atoms with Crippen molar-refractivity contribution in [3.8, 4) is 24.2 Å². The van der Waals surface area contributed by atoms with E-state index in [-0.39, 0.29) is 17.7 Å². The first kappa shape index (κ1) is 18.6. The Morgan fingerprint density at radius 1 is 1.25 bits per heavy atom. The second-order valence-corrected chi connectivity index (χ2v) is 5.70. The molecule has 0 fully saturated rings. The van der Waals surface area contributed by atoms with Crippen LogP contribution >= 0.6 is 0 Å². The number of ether oxygens (including phenoxy) is 1. The number of carbonyl (C=O) groups is 1. The monoisotopic (exact) mass is 371 g/mol. The zero-order chi connectivity index (χ0) is 19.9. The molecule has 0 heterocycles. The fourth-order valence-electron chi connectivity index (χ4n) is 2.64. The van der Waals surface area contributed by atoms with E-state index in [4.69, 9.17) is 16.4 Å². The maximum absolute atomic E-state index is 13.9. The van der Waals surface area contributed by atoms with Crippen LogP contribution in [-0.4, -0.2) is 18.7 Å². The van der Waals surface area contributed by atoms with Crippen LogP contribution in [0.1, 0.15) is 21.5 Å². The molecule has 3 aromatic carbocycles. The molecule has 3 rings (SSSR count). The summed E-state index contributed by atoms with van der Waals surface area (Å²) >= 11 is 0. The van der Waals surface area contributed by atoms with E-state index in [0.29, 0.717) is 11.3 Å². The van der Waals surface area contributed by atoms with Crippen molar-refractivity contribution in [3.05, 3.63) is 77.1 Å². The van der Waals surface area contributed by atoms with Crippen LogP contribution in [0.3, 0.4) is 0 Å². The van der Waals surface area contributed by atoms with Gasteiger partial charge in [-0.1, -0.05) is 36.3 Å². The van der Waals surface area contributed by atoms with E-state index in [2.05, 4.69) is 16.4 Å².